The maximum Gasteiger partial charge on any atom is 0.230 e. The lowest BCUT2D eigenvalue weighted by molar-refractivity contribution is 0.510. The molecule has 2 rings (SSSR count). The number of benzene rings is 1. The molecule has 5 nitrogen and oxygen atoms in total. The summed E-state index contributed by atoms with van der Waals surface area (Å²) in [7, 11) is 3.42. The van der Waals surface area contributed by atoms with Gasteiger partial charge in [0.25, 0.3) is 0 Å². The van der Waals surface area contributed by atoms with E-state index in [0.29, 0.717) is 0 Å². The van der Waals surface area contributed by atoms with Crippen LogP contribution in [0.4, 0.5) is 20.7 Å². The van der Waals surface area contributed by atoms with Crippen molar-refractivity contribution in [2.45, 2.75) is 0 Å². The molecule has 0 spiro atoms. The highest BCUT2D eigenvalue weighted by molar-refractivity contribution is 5.58. The molecule has 0 aliphatic carbocycles. The standard InChI is InChI=1S/C11H11F2N5/c1-18(2)11-16-9(15-10(14)17-11)6-4-3-5-7(12)8(6)13/h3-5H,1-2H3,(H2,14,15,16,17). The van der Waals surface area contributed by atoms with Gasteiger partial charge in [-0.1, -0.05) is 6.07 Å². The summed E-state index contributed by atoms with van der Waals surface area (Å²) >= 11 is 0. The third-order valence-electron chi connectivity index (χ3n) is 2.23. The Labute approximate surface area is 102 Å². The molecule has 0 radical (unpaired) electrons. The minimum atomic E-state index is -1.01. The van der Waals surface area contributed by atoms with Crippen LogP contribution in [0.5, 0.6) is 0 Å². The van der Waals surface area contributed by atoms with Gasteiger partial charge in [0.15, 0.2) is 17.5 Å². The molecular formula is C11H11F2N5. The van der Waals surface area contributed by atoms with Gasteiger partial charge in [-0.25, -0.2) is 8.78 Å². The van der Waals surface area contributed by atoms with Crippen molar-refractivity contribution in [1.82, 2.24) is 15.0 Å². The van der Waals surface area contributed by atoms with Gasteiger partial charge in [-0.15, -0.1) is 0 Å². The Hall–Kier alpha value is -2.31. The van der Waals surface area contributed by atoms with Crippen molar-refractivity contribution >= 4 is 11.9 Å². The first-order valence-electron chi connectivity index (χ1n) is 5.12. The van der Waals surface area contributed by atoms with E-state index in [9.17, 15) is 8.78 Å². The van der Waals surface area contributed by atoms with Crippen LogP contribution in [0.15, 0.2) is 18.2 Å². The minimum Gasteiger partial charge on any atom is -0.368 e. The van der Waals surface area contributed by atoms with Crippen molar-refractivity contribution in [3.8, 4) is 11.4 Å². The highest BCUT2D eigenvalue weighted by Gasteiger charge is 2.14. The number of anilines is 2. The predicted octanol–water partition coefficient (Wildman–Crippen LogP) is 1.47. The molecule has 1 heterocycles. The first-order valence-corrected chi connectivity index (χ1v) is 5.12. The molecule has 0 saturated carbocycles. The van der Waals surface area contributed by atoms with Crippen molar-refractivity contribution in [3.63, 3.8) is 0 Å². The number of nitrogens with zero attached hydrogens (tertiary/aromatic N) is 4. The first kappa shape index (κ1) is 12.2. The fourth-order valence-corrected chi connectivity index (χ4v) is 1.38. The van der Waals surface area contributed by atoms with E-state index in [1.165, 1.54) is 12.1 Å². The number of hydrogen-bond donors (Lipinski definition) is 1. The molecule has 0 saturated heterocycles. The zero-order valence-corrected chi connectivity index (χ0v) is 9.85. The Kier molecular flexibility index (Phi) is 3.05. The summed E-state index contributed by atoms with van der Waals surface area (Å²) in [5, 5.41) is 0. The maximum atomic E-state index is 13.6. The topological polar surface area (TPSA) is 67.9 Å². The van der Waals surface area contributed by atoms with Gasteiger partial charge in [0.1, 0.15) is 0 Å². The quantitative estimate of drug-likeness (QED) is 0.875. The monoisotopic (exact) mass is 251 g/mol. The molecule has 0 unspecified atom stereocenters. The van der Waals surface area contributed by atoms with Gasteiger partial charge in [0.05, 0.1) is 5.56 Å². The summed E-state index contributed by atoms with van der Waals surface area (Å²) in [6.45, 7) is 0. The smallest absolute Gasteiger partial charge is 0.230 e. The van der Waals surface area contributed by atoms with Crippen LogP contribution in [0.3, 0.4) is 0 Å². The average Bonchev–Trinajstić information content (AvgIpc) is 2.31. The third kappa shape index (κ3) is 2.20. The molecule has 18 heavy (non-hydrogen) atoms. The maximum absolute atomic E-state index is 13.6. The second-order valence-corrected chi connectivity index (χ2v) is 3.81. The minimum absolute atomic E-state index is 0.00296. The van der Waals surface area contributed by atoms with Crippen molar-refractivity contribution in [2.75, 3.05) is 24.7 Å². The Morgan fingerprint density at radius 2 is 1.83 bits per heavy atom. The van der Waals surface area contributed by atoms with E-state index in [2.05, 4.69) is 15.0 Å². The normalized spacial score (nSPS) is 10.4. The van der Waals surface area contributed by atoms with Gasteiger partial charge in [-0.3, -0.25) is 0 Å². The number of hydrogen-bond acceptors (Lipinski definition) is 5. The van der Waals surface area contributed by atoms with E-state index < -0.39 is 11.6 Å². The zero-order valence-electron chi connectivity index (χ0n) is 9.85. The zero-order chi connectivity index (χ0) is 13.3. The molecule has 0 fully saturated rings. The van der Waals surface area contributed by atoms with Gasteiger partial charge in [-0.2, -0.15) is 15.0 Å². The number of nitrogen functional groups attached to an aromatic ring is 1. The predicted molar refractivity (Wildman–Crippen MR) is 63.9 cm³/mol. The lowest BCUT2D eigenvalue weighted by Gasteiger charge is -2.11. The van der Waals surface area contributed by atoms with Gasteiger partial charge in [0, 0.05) is 14.1 Å². The number of halogens is 2. The van der Waals surface area contributed by atoms with E-state index in [1.807, 2.05) is 0 Å². The largest absolute Gasteiger partial charge is 0.368 e. The van der Waals surface area contributed by atoms with E-state index >= 15 is 0 Å². The molecule has 7 heteroatoms. The van der Waals surface area contributed by atoms with Crippen LogP contribution in [0.1, 0.15) is 0 Å². The Morgan fingerprint density at radius 3 is 2.50 bits per heavy atom. The SMILES string of the molecule is CN(C)c1nc(N)nc(-c2cccc(F)c2F)n1. The van der Waals surface area contributed by atoms with Crippen molar-refractivity contribution in [1.29, 1.82) is 0 Å². The fourth-order valence-electron chi connectivity index (χ4n) is 1.38. The van der Waals surface area contributed by atoms with E-state index in [1.54, 1.807) is 19.0 Å². The summed E-state index contributed by atoms with van der Waals surface area (Å²) in [4.78, 5) is 13.3. The second-order valence-electron chi connectivity index (χ2n) is 3.81. The van der Waals surface area contributed by atoms with Crippen molar-refractivity contribution in [2.24, 2.45) is 0 Å². The van der Waals surface area contributed by atoms with Gasteiger partial charge in [-0.05, 0) is 12.1 Å². The van der Waals surface area contributed by atoms with Gasteiger partial charge < -0.3 is 10.6 Å². The number of nitrogens with two attached hydrogens (primary N) is 1. The number of aromatic nitrogens is 3. The van der Waals surface area contributed by atoms with Crippen LogP contribution in [0, 0.1) is 11.6 Å². The molecule has 0 amide bonds. The second kappa shape index (κ2) is 4.52. The van der Waals surface area contributed by atoms with Crippen LogP contribution in [0.25, 0.3) is 11.4 Å². The summed E-state index contributed by atoms with van der Waals surface area (Å²) < 4.78 is 26.8. The van der Waals surface area contributed by atoms with E-state index in [0.717, 1.165) is 6.07 Å². The summed E-state index contributed by atoms with van der Waals surface area (Å²) in [6, 6.07) is 3.78. The molecule has 0 aliphatic rings. The summed E-state index contributed by atoms with van der Waals surface area (Å²) in [5.74, 6) is -1.73. The molecule has 1 aromatic heterocycles. The summed E-state index contributed by atoms with van der Waals surface area (Å²) in [6.07, 6.45) is 0. The Balaban J connectivity index is 2.60. The van der Waals surface area contributed by atoms with Crippen LogP contribution >= 0.6 is 0 Å². The molecule has 0 atom stereocenters. The van der Waals surface area contributed by atoms with Crippen molar-refractivity contribution < 1.29 is 8.78 Å². The van der Waals surface area contributed by atoms with E-state index in [-0.39, 0.29) is 23.3 Å². The van der Waals surface area contributed by atoms with E-state index in [4.69, 9.17) is 5.73 Å². The molecule has 2 N–H and O–H groups in total. The highest BCUT2D eigenvalue weighted by atomic mass is 19.2. The molecule has 0 aliphatic heterocycles. The lowest BCUT2D eigenvalue weighted by atomic mass is 10.2. The fraction of sp³-hybridized carbons (Fsp3) is 0.182. The lowest BCUT2D eigenvalue weighted by Crippen LogP contribution is -2.15. The molecule has 0 bridgehead atoms. The average molecular weight is 251 g/mol. The highest BCUT2D eigenvalue weighted by Crippen LogP contribution is 2.22. The van der Waals surface area contributed by atoms with Crippen LogP contribution < -0.4 is 10.6 Å². The Morgan fingerprint density at radius 1 is 1.11 bits per heavy atom. The number of rotatable bonds is 2. The Bertz CT molecular complexity index is 586. The van der Waals surface area contributed by atoms with Crippen molar-refractivity contribution in [3.05, 3.63) is 29.8 Å². The molecule has 2 aromatic rings. The van der Waals surface area contributed by atoms with Crippen LogP contribution in [0.2, 0.25) is 0 Å². The molecular weight excluding hydrogens is 240 g/mol. The van der Waals surface area contributed by atoms with Gasteiger partial charge in [0.2, 0.25) is 11.9 Å². The molecule has 1 aromatic carbocycles. The third-order valence-corrected chi connectivity index (χ3v) is 2.23. The first-order chi connectivity index (χ1) is 8.49. The summed E-state index contributed by atoms with van der Waals surface area (Å²) in [5.41, 5.74) is 5.47. The van der Waals surface area contributed by atoms with Crippen LogP contribution in [-0.2, 0) is 0 Å². The molecule has 94 valence electrons. The van der Waals surface area contributed by atoms with Gasteiger partial charge >= 0.3 is 0 Å². The van der Waals surface area contributed by atoms with Crippen LogP contribution in [-0.4, -0.2) is 29.0 Å².